The van der Waals surface area contributed by atoms with Gasteiger partial charge in [-0.25, -0.2) is 9.80 Å². The van der Waals surface area contributed by atoms with Gasteiger partial charge in [0.2, 0.25) is 0 Å². The van der Waals surface area contributed by atoms with Crippen LogP contribution in [0, 0.1) is 0 Å². The first-order valence-corrected chi connectivity index (χ1v) is 4.61. The molecule has 2 heterocycles. The molecule has 0 unspecified atom stereocenters. The topological polar surface area (TPSA) is 53.6 Å². The van der Waals surface area contributed by atoms with Crippen molar-refractivity contribution in [3.63, 3.8) is 0 Å². The summed E-state index contributed by atoms with van der Waals surface area (Å²) in [6, 6.07) is 0. The second kappa shape index (κ2) is 3.16. The monoisotopic (exact) mass is 185 g/mol. The molecule has 13 heavy (non-hydrogen) atoms. The summed E-state index contributed by atoms with van der Waals surface area (Å²) in [6.07, 6.45) is 1.65. The highest BCUT2D eigenvalue weighted by molar-refractivity contribution is 5.70. The second-order valence-electron chi connectivity index (χ2n) is 3.69. The second-order valence-corrected chi connectivity index (χ2v) is 3.69. The Morgan fingerprint density at radius 1 is 1.54 bits per heavy atom. The van der Waals surface area contributed by atoms with Gasteiger partial charge in [0.05, 0.1) is 5.54 Å². The Labute approximate surface area is 77.4 Å². The van der Waals surface area contributed by atoms with Gasteiger partial charge in [-0.1, -0.05) is 0 Å². The summed E-state index contributed by atoms with van der Waals surface area (Å²) in [5.41, 5.74) is 3.02. The molecule has 5 heteroatoms. The predicted molar refractivity (Wildman–Crippen MR) is 47.1 cm³/mol. The quantitative estimate of drug-likeness (QED) is 0.588. The summed E-state index contributed by atoms with van der Waals surface area (Å²) < 4.78 is 4.93. The number of hydrazine groups is 1. The van der Waals surface area contributed by atoms with Crippen LogP contribution in [0.3, 0.4) is 0 Å². The van der Waals surface area contributed by atoms with Crippen LogP contribution in [0.4, 0.5) is 4.79 Å². The summed E-state index contributed by atoms with van der Waals surface area (Å²) in [4.78, 5) is 10.9. The van der Waals surface area contributed by atoms with Gasteiger partial charge in [0, 0.05) is 13.1 Å². The van der Waals surface area contributed by atoms with Crippen LogP contribution in [0.1, 0.15) is 12.8 Å². The normalized spacial score (nSPS) is 27.3. The molecule has 74 valence electrons. The summed E-state index contributed by atoms with van der Waals surface area (Å²) in [5.74, 6) is 0. The van der Waals surface area contributed by atoms with Crippen LogP contribution >= 0.6 is 0 Å². The van der Waals surface area contributed by atoms with Crippen molar-refractivity contribution in [3.05, 3.63) is 0 Å². The molecule has 0 atom stereocenters. The smallest absolute Gasteiger partial charge is 0.407 e. The van der Waals surface area contributed by atoms with Gasteiger partial charge in [-0.15, -0.1) is 0 Å². The van der Waals surface area contributed by atoms with Gasteiger partial charge >= 0.3 is 6.09 Å². The summed E-state index contributed by atoms with van der Waals surface area (Å²) in [6.45, 7) is 2.45. The number of hydrogen-bond donors (Lipinski definition) is 2. The van der Waals surface area contributed by atoms with E-state index in [-0.39, 0.29) is 11.6 Å². The maximum absolute atomic E-state index is 10.9. The largest absolute Gasteiger partial charge is 0.447 e. The van der Waals surface area contributed by atoms with E-state index in [9.17, 15) is 4.79 Å². The molecule has 0 saturated carbocycles. The Morgan fingerprint density at radius 3 is 2.69 bits per heavy atom. The summed E-state index contributed by atoms with van der Waals surface area (Å²) >= 11 is 0. The van der Waals surface area contributed by atoms with Crippen LogP contribution in [-0.4, -0.2) is 43.4 Å². The molecule has 1 spiro atoms. The molecule has 2 N–H and O–H groups in total. The number of alkyl carbamates (subject to hydrolysis) is 1. The predicted octanol–water partition coefficient (Wildman–Crippen LogP) is -0.305. The van der Waals surface area contributed by atoms with Crippen LogP contribution in [-0.2, 0) is 4.74 Å². The third-order valence-corrected chi connectivity index (χ3v) is 2.88. The van der Waals surface area contributed by atoms with Gasteiger partial charge < -0.3 is 10.1 Å². The summed E-state index contributed by atoms with van der Waals surface area (Å²) in [7, 11) is 1.92. The first-order valence-electron chi connectivity index (χ1n) is 4.61. The van der Waals surface area contributed by atoms with E-state index in [2.05, 4.69) is 15.8 Å². The van der Waals surface area contributed by atoms with E-state index in [1.54, 1.807) is 0 Å². The minimum Gasteiger partial charge on any atom is -0.447 e. The highest BCUT2D eigenvalue weighted by Crippen LogP contribution is 2.25. The molecule has 2 saturated heterocycles. The van der Waals surface area contributed by atoms with Gasteiger partial charge in [0.15, 0.2) is 0 Å². The van der Waals surface area contributed by atoms with Crippen molar-refractivity contribution in [2.75, 3.05) is 26.7 Å². The van der Waals surface area contributed by atoms with Crippen molar-refractivity contribution in [1.29, 1.82) is 0 Å². The number of carbonyl (C=O) groups excluding carboxylic acids is 1. The number of carbonyl (C=O) groups is 1. The van der Waals surface area contributed by atoms with Crippen molar-refractivity contribution in [2.24, 2.45) is 0 Å². The minimum atomic E-state index is -0.266. The van der Waals surface area contributed by atoms with Gasteiger partial charge in [0.25, 0.3) is 0 Å². The first kappa shape index (κ1) is 8.77. The molecular weight excluding hydrogens is 170 g/mol. The molecule has 2 rings (SSSR count). The molecule has 0 aromatic carbocycles. The van der Waals surface area contributed by atoms with Crippen molar-refractivity contribution in [3.8, 4) is 0 Å². The van der Waals surface area contributed by atoms with Crippen LogP contribution in [0.5, 0.6) is 0 Å². The van der Waals surface area contributed by atoms with E-state index in [0.717, 1.165) is 25.9 Å². The number of piperidine rings is 1. The molecule has 1 amide bonds. The molecule has 0 aliphatic carbocycles. The fraction of sp³-hybridized carbons (Fsp3) is 0.875. The highest BCUT2D eigenvalue weighted by Gasteiger charge is 2.41. The lowest BCUT2D eigenvalue weighted by Crippen LogP contribution is -2.54. The van der Waals surface area contributed by atoms with Gasteiger partial charge in [-0.3, -0.25) is 5.43 Å². The average Bonchev–Trinajstić information content (AvgIpc) is 2.49. The zero-order valence-corrected chi connectivity index (χ0v) is 7.80. The minimum absolute atomic E-state index is 0.0789. The average molecular weight is 185 g/mol. The number of nitrogens with zero attached hydrogens (tertiary/aromatic N) is 1. The summed E-state index contributed by atoms with van der Waals surface area (Å²) in [5, 5.41) is 5.05. The van der Waals surface area contributed by atoms with E-state index < -0.39 is 0 Å². The number of amides is 1. The molecule has 0 aromatic heterocycles. The molecule has 5 nitrogen and oxygen atoms in total. The SMILES string of the molecule is CNN1CCC2(CC1)COC(=O)N2. The number of cyclic esters (lactones) is 1. The van der Waals surface area contributed by atoms with E-state index in [0.29, 0.717) is 6.61 Å². The fourth-order valence-corrected chi connectivity index (χ4v) is 1.92. The first-order chi connectivity index (χ1) is 6.24. The van der Waals surface area contributed by atoms with Crippen molar-refractivity contribution < 1.29 is 9.53 Å². The van der Waals surface area contributed by atoms with Crippen molar-refractivity contribution >= 4 is 6.09 Å². The Bertz CT molecular complexity index is 211. The Morgan fingerprint density at radius 2 is 2.23 bits per heavy atom. The number of ether oxygens (including phenoxy) is 1. The highest BCUT2D eigenvalue weighted by atomic mass is 16.6. The molecule has 0 bridgehead atoms. The van der Waals surface area contributed by atoms with E-state index in [4.69, 9.17) is 4.74 Å². The van der Waals surface area contributed by atoms with Gasteiger partial charge in [-0.2, -0.15) is 0 Å². The Kier molecular flexibility index (Phi) is 2.13. The lowest BCUT2D eigenvalue weighted by Gasteiger charge is -2.36. The zero-order chi connectivity index (χ0) is 9.31. The lowest BCUT2D eigenvalue weighted by molar-refractivity contribution is 0.1000. The van der Waals surface area contributed by atoms with Crippen LogP contribution in [0.2, 0.25) is 0 Å². The zero-order valence-electron chi connectivity index (χ0n) is 7.80. The Balaban J connectivity index is 1.93. The maximum atomic E-state index is 10.9. The van der Waals surface area contributed by atoms with E-state index in [1.165, 1.54) is 0 Å². The molecular formula is C8H15N3O2. The molecule has 2 aliphatic heterocycles. The van der Waals surface area contributed by atoms with E-state index in [1.807, 2.05) is 7.05 Å². The molecule has 2 aliphatic rings. The molecule has 0 radical (unpaired) electrons. The van der Waals surface area contributed by atoms with Gasteiger partial charge in [0.1, 0.15) is 6.61 Å². The third-order valence-electron chi connectivity index (χ3n) is 2.88. The number of nitrogens with one attached hydrogen (secondary N) is 2. The molecule has 0 aromatic rings. The van der Waals surface area contributed by atoms with Crippen LogP contribution in [0.15, 0.2) is 0 Å². The standard InChI is InChI=1S/C8H15N3O2/c1-9-11-4-2-8(3-5-11)6-13-7(12)10-8/h9H,2-6H2,1H3,(H,10,12). The van der Waals surface area contributed by atoms with Crippen LogP contribution in [0.25, 0.3) is 0 Å². The third kappa shape index (κ3) is 1.62. The Hall–Kier alpha value is -0.810. The van der Waals surface area contributed by atoms with Crippen molar-refractivity contribution in [1.82, 2.24) is 15.8 Å². The molecule has 2 fully saturated rings. The number of rotatable bonds is 1. The van der Waals surface area contributed by atoms with Crippen LogP contribution < -0.4 is 10.7 Å². The fourth-order valence-electron chi connectivity index (χ4n) is 1.92. The lowest BCUT2D eigenvalue weighted by atomic mass is 9.90. The number of hydrogen-bond acceptors (Lipinski definition) is 4. The van der Waals surface area contributed by atoms with Gasteiger partial charge in [-0.05, 0) is 19.9 Å². The van der Waals surface area contributed by atoms with Crippen molar-refractivity contribution in [2.45, 2.75) is 18.4 Å². The van der Waals surface area contributed by atoms with E-state index >= 15 is 0 Å². The maximum Gasteiger partial charge on any atom is 0.407 e.